The van der Waals surface area contributed by atoms with Gasteiger partial charge in [0, 0.05) is 5.88 Å². The number of hydrogen-bond acceptors (Lipinski definition) is 3. The van der Waals surface area contributed by atoms with Gasteiger partial charge < -0.3 is 9.15 Å². The highest BCUT2D eigenvalue weighted by Crippen LogP contribution is 2.16. The lowest BCUT2D eigenvalue weighted by Gasteiger charge is -1.93. The van der Waals surface area contributed by atoms with E-state index >= 15 is 0 Å². The fraction of sp³-hybridized carbons (Fsp3) is 0.300. The maximum Gasteiger partial charge on any atom is 0.341 e. The Morgan fingerprint density at radius 3 is 3.00 bits per heavy atom. The SMILES string of the molecule is COC(=O)c1cc(C=CCCl)oc1C. The van der Waals surface area contributed by atoms with Crippen LogP contribution in [0.5, 0.6) is 0 Å². The van der Waals surface area contributed by atoms with Crippen molar-refractivity contribution >= 4 is 23.6 Å². The van der Waals surface area contributed by atoms with Crippen LogP contribution in [0.15, 0.2) is 16.6 Å². The predicted octanol–water partition coefficient (Wildman–Crippen LogP) is 2.63. The normalized spacial score (nSPS) is 10.8. The number of hydrogen-bond donors (Lipinski definition) is 0. The van der Waals surface area contributed by atoms with Gasteiger partial charge in [0.15, 0.2) is 0 Å². The smallest absolute Gasteiger partial charge is 0.341 e. The first-order chi connectivity index (χ1) is 6.69. The molecule has 1 heterocycles. The van der Waals surface area contributed by atoms with Crippen LogP contribution in [0.2, 0.25) is 0 Å². The molecule has 0 bridgehead atoms. The van der Waals surface area contributed by atoms with E-state index in [4.69, 9.17) is 16.0 Å². The Bertz CT molecular complexity index is 352. The lowest BCUT2D eigenvalue weighted by atomic mass is 10.2. The number of methoxy groups -OCH3 is 1. The van der Waals surface area contributed by atoms with E-state index in [2.05, 4.69) is 4.74 Å². The summed E-state index contributed by atoms with van der Waals surface area (Å²) in [6.07, 6.45) is 3.45. The van der Waals surface area contributed by atoms with Crippen LogP contribution in [0.4, 0.5) is 0 Å². The summed E-state index contributed by atoms with van der Waals surface area (Å²) in [5.41, 5.74) is 0.446. The van der Waals surface area contributed by atoms with E-state index in [9.17, 15) is 4.79 Å². The Hall–Kier alpha value is -1.22. The van der Waals surface area contributed by atoms with Crippen molar-refractivity contribution in [3.8, 4) is 0 Å². The zero-order valence-electron chi connectivity index (χ0n) is 8.04. The number of alkyl halides is 1. The number of aryl methyl sites for hydroxylation is 1. The molecular formula is C10H11ClO3. The van der Waals surface area contributed by atoms with Gasteiger partial charge in [-0.05, 0) is 19.1 Å². The number of allylic oxidation sites excluding steroid dienone is 1. The summed E-state index contributed by atoms with van der Waals surface area (Å²) in [4.78, 5) is 11.2. The number of halogens is 1. The van der Waals surface area contributed by atoms with Crippen LogP contribution in [-0.2, 0) is 4.74 Å². The second kappa shape index (κ2) is 4.86. The Kier molecular flexibility index (Phi) is 3.77. The third-order valence-electron chi connectivity index (χ3n) is 1.71. The molecule has 0 saturated carbocycles. The van der Waals surface area contributed by atoms with Gasteiger partial charge in [-0.1, -0.05) is 6.08 Å². The maximum atomic E-state index is 11.2. The van der Waals surface area contributed by atoms with Crippen LogP contribution < -0.4 is 0 Å². The molecular weight excluding hydrogens is 204 g/mol. The van der Waals surface area contributed by atoms with Gasteiger partial charge in [-0.3, -0.25) is 0 Å². The third-order valence-corrected chi connectivity index (χ3v) is 1.89. The van der Waals surface area contributed by atoms with Crippen LogP contribution in [0.3, 0.4) is 0 Å². The first-order valence-electron chi connectivity index (χ1n) is 4.10. The topological polar surface area (TPSA) is 39.4 Å². The predicted molar refractivity (Wildman–Crippen MR) is 54.5 cm³/mol. The average Bonchev–Trinajstić information content (AvgIpc) is 2.55. The van der Waals surface area contributed by atoms with Crippen molar-refractivity contribution in [1.29, 1.82) is 0 Å². The molecule has 0 radical (unpaired) electrons. The molecule has 1 rings (SSSR count). The number of carbonyl (C=O) groups is 1. The molecule has 0 fully saturated rings. The van der Waals surface area contributed by atoms with Gasteiger partial charge in [-0.15, -0.1) is 11.6 Å². The van der Waals surface area contributed by atoms with E-state index in [-0.39, 0.29) is 0 Å². The minimum Gasteiger partial charge on any atom is -0.465 e. The molecule has 14 heavy (non-hydrogen) atoms. The van der Waals surface area contributed by atoms with E-state index in [1.165, 1.54) is 7.11 Å². The van der Waals surface area contributed by atoms with Crippen molar-refractivity contribution in [2.45, 2.75) is 6.92 Å². The Morgan fingerprint density at radius 1 is 1.71 bits per heavy atom. The number of furan rings is 1. The number of rotatable bonds is 3. The molecule has 0 atom stereocenters. The highest BCUT2D eigenvalue weighted by atomic mass is 35.5. The van der Waals surface area contributed by atoms with Gasteiger partial charge in [0.2, 0.25) is 0 Å². The fourth-order valence-corrected chi connectivity index (χ4v) is 1.15. The molecule has 0 aromatic carbocycles. The minimum atomic E-state index is -0.392. The lowest BCUT2D eigenvalue weighted by molar-refractivity contribution is 0.0599. The molecule has 4 heteroatoms. The van der Waals surface area contributed by atoms with E-state index in [0.29, 0.717) is 23.0 Å². The summed E-state index contributed by atoms with van der Waals surface area (Å²) in [6, 6.07) is 1.63. The van der Waals surface area contributed by atoms with Gasteiger partial charge in [-0.25, -0.2) is 4.79 Å². The summed E-state index contributed by atoms with van der Waals surface area (Å²) >= 11 is 5.47. The second-order valence-electron chi connectivity index (χ2n) is 2.67. The van der Waals surface area contributed by atoms with Gasteiger partial charge in [0.05, 0.1) is 7.11 Å². The molecule has 3 nitrogen and oxygen atoms in total. The van der Waals surface area contributed by atoms with E-state index < -0.39 is 5.97 Å². The standard InChI is InChI=1S/C10H11ClO3/c1-7-9(10(12)13-2)6-8(14-7)4-3-5-11/h3-4,6H,5H2,1-2H3. The van der Waals surface area contributed by atoms with Gasteiger partial charge >= 0.3 is 5.97 Å². The Labute approximate surface area is 87.3 Å². The Balaban J connectivity index is 2.93. The van der Waals surface area contributed by atoms with Crippen molar-refractivity contribution in [3.63, 3.8) is 0 Å². The van der Waals surface area contributed by atoms with Crippen molar-refractivity contribution in [2.75, 3.05) is 13.0 Å². The average molecular weight is 215 g/mol. The quantitative estimate of drug-likeness (QED) is 0.574. The molecule has 0 N–H and O–H groups in total. The lowest BCUT2D eigenvalue weighted by Crippen LogP contribution is -2.00. The highest BCUT2D eigenvalue weighted by Gasteiger charge is 2.13. The molecule has 0 saturated heterocycles. The molecule has 0 amide bonds. The molecule has 1 aromatic heterocycles. The van der Waals surface area contributed by atoms with Gasteiger partial charge in [0.25, 0.3) is 0 Å². The first-order valence-corrected chi connectivity index (χ1v) is 4.63. The summed E-state index contributed by atoms with van der Waals surface area (Å²) in [7, 11) is 1.34. The van der Waals surface area contributed by atoms with Crippen LogP contribution >= 0.6 is 11.6 Å². The summed E-state index contributed by atoms with van der Waals surface area (Å²) in [6.45, 7) is 1.71. The molecule has 0 unspecified atom stereocenters. The van der Waals surface area contributed by atoms with Crippen molar-refractivity contribution in [2.24, 2.45) is 0 Å². The van der Waals surface area contributed by atoms with Crippen molar-refractivity contribution in [3.05, 3.63) is 29.2 Å². The van der Waals surface area contributed by atoms with Gasteiger partial charge in [-0.2, -0.15) is 0 Å². The van der Waals surface area contributed by atoms with E-state index in [1.54, 1.807) is 25.1 Å². The minimum absolute atomic E-state index is 0.392. The van der Waals surface area contributed by atoms with Crippen LogP contribution in [-0.4, -0.2) is 19.0 Å². The summed E-state index contributed by atoms with van der Waals surface area (Å²) in [5.74, 6) is 1.17. The van der Waals surface area contributed by atoms with E-state index in [1.807, 2.05) is 0 Å². The first kappa shape index (κ1) is 10.9. The van der Waals surface area contributed by atoms with Crippen molar-refractivity contribution < 1.29 is 13.9 Å². The number of esters is 1. The van der Waals surface area contributed by atoms with Gasteiger partial charge in [0.1, 0.15) is 17.1 Å². The van der Waals surface area contributed by atoms with Crippen LogP contribution in [0.1, 0.15) is 21.9 Å². The van der Waals surface area contributed by atoms with Crippen LogP contribution in [0.25, 0.3) is 6.08 Å². The Morgan fingerprint density at radius 2 is 2.43 bits per heavy atom. The zero-order chi connectivity index (χ0) is 10.6. The monoisotopic (exact) mass is 214 g/mol. The molecule has 0 spiro atoms. The summed E-state index contributed by atoms with van der Waals surface area (Å²) < 4.78 is 9.88. The second-order valence-corrected chi connectivity index (χ2v) is 2.98. The molecule has 0 aliphatic heterocycles. The fourth-order valence-electron chi connectivity index (χ4n) is 1.06. The highest BCUT2D eigenvalue weighted by molar-refractivity contribution is 6.19. The molecule has 0 aliphatic carbocycles. The zero-order valence-corrected chi connectivity index (χ0v) is 8.80. The molecule has 0 aliphatic rings. The summed E-state index contributed by atoms with van der Waals surface area (Å²) in [5, 5.41) is 0. The molecule has 76 valence electrons. The van der Waals surface area contributed by atoms with Crippen molar-refractivity contribution in [1.82, 2.24) is 0 Å². The van der Waals surface area contributed by atoms with E-state index in [0.717, 1.165) is 0 Å². The van der Waals surface area contributed by atoms with Crippen LogP contribution in [0, 0.1) is 6.92 Å². The largest absolute Gasteiger partial charge is 0.465 e. The molecule has 1 aromatic rings. The number of carbonyl (C=O) groups excluding carboxylic acids is 1. The number of ether oxygens (including phenoxy) is 1. The third kappa shape index (κ3) is 2.39. The maximum absolute atomic E-state index is 11.2.